The van der Waals surface area contributed by atoms with Gasteiger partial charge in [-0.25, -0.2) is 9.97 Å². The highest BCUT2D eigenvalue weighted by Crippen LogP contribution is 2.41. The normalized spacial score (nSPS) is 30.0. The molecule has 1 aromatic rings. The highest BCUT2D eigenvalue weighted by Gasteiger charge is 2.54. The summed E-state index contributed by atoms with van der Waals surface area (Å²) in [6.45, 7) is 3.88. The van der Waals surface area contributed by atoms with Gasteiger partial charge in [-0.3, -0.25) is 4.79 Å². The van der Waals surface area contributed by atoms with E-state index in [1.165, 1.54) is 0 Å². The van der Waals surface area contributed by atoms with Gasteiger partial charge in [0.2, 0.25) is 11.9 Å². The lowest BCUT2D eigenvalue weighted by Crippen LogP contribution is -2.69. The van der Waals surface area contributed by atoms with Crippen LogP contribution in [0.2, 0.25) is 0 Å². The van der Waals surface area contributed by atoms with Gasteiger partial charge < -0.3 is 24.8 Å². The Balaban J connectivity index is 1.42. The highest BCUT2D eigenvalue weighted by molar-refractivity contribution is 5.80. The second-order valence-electron chi connectivity index (χ2n) is 8.51. The van der Waals surface area contributed by atoms with E-state index in [-0.39, 0.29) is 11.8 Å². The third-order valence-electron chi connectivity index (χ3n) is 6.74. The molecule has 3 fully saturated rings. The average Bonchev–Trinajstić information content (AvgIpc) is 2.65. The minimum Gasteiger partial charge on any atom is -0.494 e. The van der Waals surface area contributed by atoms with Crippen LogP contribution in [0.25, 0.3) is 0 Å². The maximum Gasteiger partial charge on any atom is 0.225 e. The molecule has 1 aliphatic carbocycles. The predicted octanol–water partition coefficient (Wildman–Crippen LogP) is 1.28. The molecule has 2 aliphatic heterocycles. The highest BCUT2D eigenvalue weighted by atomic mass is 16.5. The number of aliphatic hydroxyl groups is 1. The molecule has 28 heavy (non-hydrogen) atoms. The molecule has 1 saturated carbocycles. The fourth-order valence-corrected chi connectivity index (χ4v) is 4.53. The van der Waals surface area contributed by atoms with Gasteiger partial charge in [-0.15, -0.1) is 0 Å². The summed E-state index contributed by atoms with van der Waals surface area (Å²) in [5.74, 6) is 1.47. The Morgan fingerprint density at radius 1 is 1.29 bits per heavy atom. The molecule has 154 valence electrons. The predicted molar refractivity (Wildman–Crippen MR) is 103 cm³/mol. The van der Waals surface area contributed by atoms with Gasteiger partial charge in [-0.05, 0) is 39.0 Å². The molecule has 0 radical (unpaired) electrons. The Morgan fingerprint density at radius 2 is 1.96 bits per heavy atom. The van der Waals surface area contributed by atoms with E-state index in [9.17, 15) is 9.90 Å². The molecular weight excluding hydrogens is 360 g/mol. The van der Waals surface area contributed by atoms with Crippen molar-refractivity contribution < 1.29 is 19.4 Å². The van der Waals surface area contributed by atoms with Crippen LogP contribution in [0.3, 0.4) is 0 Å². The molecule has 8 heteroatoms. The second kappa shape index (κ2) is 7.48. The van der Waals surface area contributed by atoms with E-state index in [2.05, 4.69) is 20.2 Å². The van der Waals surface area contributed by atoms with Gasteiger partial charge in [0.25, 0.3) is 0 Å². The maximum absolute atomic E-state index is 12.5. The summed E-state index contributed by atoms with van der Waals surface area (Å²) in [5, 5.41) is 14.4. The van der Waals surface area contributed by atoms with Crippen LogP contribution in [0, 0.1) is 5.92 Å². The van der Waals surface area contributed by atoms with E-state index in [1.807, 2.05) is 6.92 Å². The number of anilines is 1. The van der Waals surface area contributed by atoms with E-state index in [1.54, 1.807) is 19.5 Å². The first-order valence-electron chi connectivity index (χ1n) is 10.2. The first-order chi connectivity index (χ1) is 13.5. The standard InChI is InChI=1S/C20H30N4O4/c1-19(23-16(25)14-4-3-5-14)8-11-28-20(17(19)26)6-9-24(10-7-20)18-21-12-15(27-2)13-22-18/h12-14,17,26H,3-11H2,1-2H3,(H,23,25)/t17-,19+/m1/s1. The number of nitrogens with zero attached hydrogens (tertiary/aromatic N) is 3. The number of hydrogen-bond acceptors (Lipinski definition) is 7. The molecule has 0 bridgehead atoms. The number of aliphatic hydroxyl groups excluding tert-OH is 1. The van der Waals surface area contributed by atoms with Crippen LogP contribution in [0.15, 0.2) is 12.4 Å². The third-order valence-corrected chi connectivity index (χ3v) is 6.74. The van der Waals surface area contributed by atoms with Crippen LogP contribution in [0.1, 0.15) is 45.4 Å². The van der Waals surface area contributed by atoms with Gasteiger partial charge in [0.15, 0.2) is 5.75 Å². The van der Waals surface area contributed by atoms with Crippen molar-refractivity contribution in [3.63, 3.8) is 0 Å². The fraction of sp³-hybridized carbons (Fsp3) is 0.750. The lowest BCUT2D eigenvalue weighted by atomic mass is 9.72. The third kappa shape index (κ3) is 3.43. The number of carbonyl (C=O) groups is 1. The number of ether oxygens (including phenoxy) is 2. The van der Waals surface area contributed by atoms with Gasteiger partial charge in [0.1, 0.15) is 6.10 Å². The number of carbonyl (C=O) groups excluding carboxylic acids is 1. The fourth-order valence-electron chi connectivity index (χ4n) is 4.53. The molecule has 0 aromatic carbocycles. The zero-order valence-electron chi connectivity index (χ0n) is 16.7. The van der Waals surface area contributed by atoms with Gasteiger partial charge in [-0.2, -0.15) is 0 Å². The summed E-state index contributed by atoms with van der Waals surface area (Å²) in [4.78, 5) is 23.3. The summed E-state index contributed by atoms with van der Waals surface area (Å²) in [7, 11) is 1.59. The van der Waals surface area contributed by atoms with Crippen molar-refractivity contribution in [3.8, 4) is 5.75 Å². The number of methoxy groups -OCH3 is 1. The minimum atomic E-state index is -0.739. The molecule has 4 rings (SSSR count). The number of aromatic nitrogens is 2. The van der Waals surface area contributed by atoms with Crippen molar-refractivity contribution >= 4 is 11.9 Å². The first kappa shape index (κ1) is 19.4. The molecule has 2 saturated heterocycles. The summed E-state index contributed by atoms with van der Waals surface area (Å²) in [5.41, 5.74) is -1.29. The minimum absolute atomic E-state index is 0.0777. The van der Waals surface area contributed by atoms with Gasteiger partial charge in [-0.1, -0.05) is 6.42 Å². The van der Waals surface area contributed by atoms with Crippen molar-refractivity contribution in [1.29, 1.82) is 0 Å². The zero-order valence-corrected chi connectivity index (χ0v) is 16.7. The molecule has 2 atom stereocenters. The second-order valence-corrected chi connectivity index (χ2v) is 8.51. The number of piperidine rings is 1. The zero-order chi connectivity index (χ0) is 19.8. The quantitative estimate of drug-likeness (QED) is 0.799. The lowest BCUT2D eigenvalue weighted by molar-refractivity contribution is -0.199. The van der Waals surface area contributed by atoms with Crippen molar-refractivity contribution in [2.45, 2.75) is 62.7 Å². The maximum atomic E-state index is 12.5. The van der Waals surface area contributed by atoms with Crippen LogP contribution < -0.4 is 15.0 Å². The van der Waals surface area contributed by atoms with Crippen LogP contribution in [0.4, 0.5) is 5.95 Å². The van der Waals surface area contributed by atoms with E-state index in [4.69, 9.17) is 9.47 Å². The van der Waals surface area contributed by atoms with Gasteiger partial charge in [0.05, 0.1) is 30.6 Å². The van der Waals surface area contributed by atoms with Crippen molar-refractivity contribution in [2.24, 2.45) is 5.92 Å². The van der Waals surface area contributed by atoms with Crippen molar-refractivity contribution in [1.82, 2.24) is 15.3 Å². The number of rotatable bonds is 4. The van der Waals surface area contributed by atoms with Gasteiger partial charge in [0, 0.05) is 25.6 Å². The van der Waals surface area contributed by atoms with Crippen LogP contribution in [-0.2, 0) is 9.53 Å². The molecule has 1 spiro atoms. The first-order valence-corrected chi connectivity index (χ1v) is 10.2. The largest absolute Gasteiger partial charge is 0.494 e. The molecule has 8 nitrogen and oxygen atoms in total. The average molecular weight is 390 g/mol. The number of nitrogens with one attached hydrogen (secondary N) is 1. The van der Waals surface area contributed by atoms with Gasteiger partial charge >= 0.3 is 0 Å². The Bertz CT molecular complexity index is 701. The molecule has 3 heterocycles. The molecule has 1 amide bonds. The van der Waals surface area contributed by atoms with E-state index in [0.29, 0.717) is 50.7 Å². The van der Waals surface area contributed by atoms with Crippen molar-refractivity contribution in [2.75, 3.05) is 31.7 Å². The summed E-state index contributed by atoms with van der Waals surface area (Å²) >= 11 is 0. The molecule has 3 aliphatic rings. The number of amides is 1. The SMILES string of the molecule is COc1cnc(N2CCC3(CC2)OCC[C@](C)(NC(=O)C2CCC2)[C@H]3O)nc1. The topological polar surface area (TPSA) is 96.8 Å². The summed E-state index contributed by atoms with van der Waals surface area (Å²) in [6.07, 6.45) is 7.56. The molecule has 2 N–H and O–H groups in total. The summed E-state index contributed by atoms with van der Waals surface area (Å²) in [6, 6.07) is 0. The molecule has 1 aromatic heterocycles. The van der Waals surface area contributed by atoms with E-state index >= 15 is 0 Å². The number of hydrogen-bond donors (Lipinski definition) is 2. The molecule has 0 unspecified atom stereocenters. The smallest absolute Gasteiger partial charge is 0.225 e. The van der Waals surface area contributed by atoms with Crippen LogP contribution in [-0.4, -0.2) is 65.0 Å². The van der Waals surface area contributed by atoms with E-state index < -0.39 is 17.2 Å². The molecular formula is C20H30N4O4. The summed E-state index contributed by atoms with van der Waals surface area (Å²) < 4.78 is 11.2. The monoisotopic (exact) mass is 390 g/mol. The Labute approximate surface area is 165 Å². The Morgan fingerprint density at radius 3 is 2.54 bits per heavy atom. The van der Waals surface area contributed by atoms with Crippen LogP contribution in [0.5, 0.6) is 5.75 Å². The van der Waals surface area contributed by atoms with Crippen molar-refractivity contribution in [3.05, 3.63) is 12.4 Å². The Hall–Kier alpha value is -1.93. The Kier molecular flexibility index (Phi) is 5.18. The lowest BCUT2D eigenvalue weighted by Gasteiger charge is -2.54. The van der Waals surface area contributed by atoms with Crippen LogP contribution >= 0.6 is 0 Å². The van der Waals surface area contributed by atoms with E-state index in [0.717, 1.165) is 19.3 Å².